The first-order valence-corrected chi connectivity index (χ1v) is 5.62. The fraction of sp³-hybridized carbons (Fsp3) is 0.636. The van der Waals surface area contributed by atoms with Crippen LogP contribution in [0.4, 0.5) is 0 Å². The Kier molecular flexibility index (Phi) is 8.17. The monoisotopic (exact) mass is 259 g/mol. The summed E-state index contributed by atoms with van der Waals surface area (Å²) in [5.41, 5.74) is 0. The molecule has 0 aromatic heterocycles. The van der Waals surface area contributed by atoms with Crippen LogP contribution in [0.2, 0.25) is 0 Å². The molecule has 7 nitrogen and oxygen atoms in total. The Labute approximate surface area is 105 Å². The second-order valence-corrected chi connectivity index (χ2v) is 3.28. The molecule has 18 heavy (non-hydrogen) atoms. The van der Waals surface area contributed by atoms with E-state index in [0.29, 0.717) is 0 Å². The molecular formula is C11H17NO6. The third kappa shape index (κ3) is 6.62. The molecule has 0 spiro atoms. The standard InChI is InChI=1S/C11H17NO6/c1-3-17-10(13)9(11(14)18-4-2)7-5-6-8-12(15)16/h5-6,9H,3-4,7-8H2,1-2H3/b6-5+. The van der Waals surface area contributed by atoms with Crippen molar-refractivity contribution in [1.82, 2.24) is 0 Å². The van der Waals surface area contributed by atoms with E-state index in [2.05, 4.69) is 0 Å². The minimum atomic E-state index is -1.06. The zero-order chi connectivity index (χ0) is 14.0. The Morgan fingerprint density at radius 1 is 1.17 bits per heavy atom. The maximum atomic E-state index is 11.5. The molecule has 0 saturated heterocycles. The smallest absolute Gasteiger partial charge is 0.320 e. The average molecular weight is 259 g/mol. The Morgan fingerprint density at radius 3 is 2.06 bits per heavy atom. The summed E-state index contributed by atoms with van der Waals surface area (Å²) in [5.74, 6) is -2.42. The number of nitrogens with zero attached hydrogens (tertiary/aromatic N) is 1. The lowest BCUT2D eigenvalue weighted by Crippen LogP contribution is -2.27. The summed E-state index contributed by atoms with van der Waals surface area (Å²) in [4.78, 5) is 32.6. The van der Waals surface area contributed by atoms with Crippen LogP contribution in [0.1, 0.15) is 20.3 Å². The van der Waals surface area contributed by atoms with Crippen molar-refractivity contribution in [3.63, 3.8) is 0 Å². The highest BCUT2D eigenvalue weighted by atomic mass is 16.6. The molecule has 0 aliphatic heterocycles. The van der Waals surface area contributed by atoms with Crippen molar-refractivity contribution in [2.45, 2.75) is 20.3 Å². The predicted molar refractivity (Wildman–Crippen MR) is 62.4 cm³/mol. The van der Waals surface area contributed by atoms with Gasteiger partial charge in [0.1, 0.15) is 0 Å². The van der Waals surface area contributed by atoms with Crippen LogP contribution in [0.5, 0.6) is 0 Å². The lowest BCUT2D eigenvalue weighted by Gasteiger charge is -2.12. The molecule has 0 aromatic carbocycles. The number of ether oxygens (including phenoxy) is 2. The van der Waals surface area contributed by atoms with E-state index in [9.17, 15) is 19.7 Å². The van der Waals surface area contributed by atoms with E-state index in [1.54, 1.807) is 13.8 Å². The molecule has 0 heterocycles. The van der Waals surface area contributed by atoms with Crippen molar-refractivity contribution in [2.75, 3.05) is 19.8 Å². The molecule has 0 unspecified atom stereocenters. The number of rotatable bonds is 8. The first-order chi connectivity index (χ1) is 8.52. The molecule has 102 valence electrons. The van der Waals surface area contributed by atoms with Gasteiger partial charge in [0.15, 0.2) is 5.92 Å². The van der Waals surface area contributed by atoms with Crippen LogP contribution in [0.3, 0.4) is 0 Å². The summed E-state index contributed by atoms with van der Waals surface area (Å²) in [5, 5.41) is 10.1. The molecule has 0 bridgehead atoms. The zero-order valence-electron chi connectivity index (χ0n) is 10.5. The van der Waals surface area contributed by atoms with E-state index in [0.717, 1.165) is 0 Å². The lowest BCUT2D eigenvalue weighted by atomic mass is 10.1. The molecule has 0 radical (unpaired) electrons. The molecule has 0 rings (SSSR count). The fourth-order valence-electron chi connectivity index (χ4n) is 1.17. The van der Waals surface area contributed by atoms with Crippen LogP contribution in [-0.4, -0.2) is 36.6 Å². The highest BCUT2D eigenvalue weighted by Gasteiger charge is 2.28. The van der Waals surface area contributed by atoms with Crippen LogP contribution >= 0.6 is 0 Å². The van der Waals surface area contributed by atoms with Crippen LogP contribution in [0, 0.1) is 16.0 Å². The van der Waals surface area contributed by atoms with Gasteiger partial charge in [-0.1, -0.05) is 6.08 Å². The van der Waals surface area contributed by atoms with Gasteiger partial charge in [-0.2, -0.15) is 0 Å². The van der Waals surface area contributed by atoms with Gasteiger partial charge < -0.3 is 9.47 Å². The van der Waals surface area contributed by atoms with Gasteiger partial charge in [0.2, 0.25) is 6.54 Å². The molecule has 0 aliphatic carbocycles. The molecule has 0 aliphatic rings. The quantitative estimate of drug-likeness (QED) is 0.212. The Bertz CT molecular complexity index is 307. The molecule has 0 aromatic rings. The molecular weight excluding hydrogens is 242 g/mol. The van der Waals surface area contributed by atoms with E-state index in [1.807, 2.05) is 0 Å². The number of hydrogen-bond donors (Lipinski definition) is 0. The molecule has 0 saturated carbocycles. The zero-order valence-corrected chi connectivity index (χ0v) is 10.5. The highest BCUT2D eigenvalue weighted by Crippen LogP contribution is 2.10. The number of carbonyl (C=O) groups is 2. The lowest BCUT2D eigenvalue weighted by molar-refractivity contribution is -0.468. The maximum Gasteiger partial charge on any atom is 0.320 e. The third-order valence-electron chi connectivity index (χ3n) is 1.94. The topological polar surface area (TPSA) is 95.7 Å². The van der Waals surface area contributed by atoms with Gasteiger partial charge in [0, 0.05) is 4.92 Å². The molecule has 0 N–H and O–H groups in total. The number of allylic oxidation sites excluding steroid dienone is 1. The summed E-state index contributed by atoms with van der Waals surface area (Å²) >= 11 is 0. The van der Waals surface area contributed by atoms with E-state index in [4.69, 9.17) is 9.47 Å². The minimum Gasteiger partial charge on any atom is -0.465 e. The van der Waals surface area contributed by atoms with Crippen LogP contribution in [0.25, 0.3) is 0 Å². The summed E-state index contributed by atoms with van der Waals surface area (Å²) in [6.45, 7) is 3.23. The van der Waals surface area contributed by atoms with Gasteiger partial charge in [0.05, 0.1) is 13.2 Å². The molecule has 0 atom stereocenters. The van der Waals surface area contributed by atoms with Crippen molar-refractivity contribution in [1.29, 1.82) is 0 Å². The van der Waals surface area contributed by atoms with Gasteiger partial charge in [-0.25, -0.2) is 0 Å². The van der Waals surface area contributed by atoms with Gasteiger partial charge in [-0.3, -0.25) is 19.7 Å². The second kappa shape index (κ2) is 9.15. The molecule has 0 fully saturated rings. The van der Waals surface area contributed by atoms with Gasteiger partial charge in [-0.05, 0) is 26.3 Å². The summed E-state index contributed by atoms with van der Waals surface area (Å²) < 4.78 is 9.48. The van der Waals surface area contributed by atoms with Crippen LogP contribution in [-0.2, 0) is 19.1 Å². The summed E-state index contributed by atoms with van der Waals surface area (Å²) in [7, 11) is 0. The molecule has 7 heteroatoms. The Balaban J connectivity index is 4.47. The maximum absolute atomic E-state index is 11.5. The van der Waals surface area contributed by atoms with Crippen LogP contribution in [0.15, 0.2) is 12.2 Å². The van der Waals surface area contributed by atoms with E-state index < -0.39 is 22.8 Å². The van der Waals surface area contributed by atoms with Gasteiger partial charge in [0.25, 0.3) is 0 Å². The highest BCUT2D eigenvalue weighted by molar-refractivity contribution is 5.95. The van der Waals surface area contributed by atoms with Crippen molar-refractivity contribution in [2.24, 2.45) is 5.92 Å². The van der Waals surface area contributed by atoms with Gasteiger partial charge in [-0.15, -0.1) is 0 Å². The van der Waals surface area contributed by atoms with Crippen molar-refractivity contribution in [3.8, 4) is 0 Å². The number of carbonyl (C=O) groups excluding carboxylic acids is 2. The first-order valence-electron chi connectivity index (χ1n) is 5.62. The SMILES string of the molecule is CCOC(=O)C(C/C=C/C[N+](=O)[O-])C(=O)OCC. The van der Waals surface area contributed by atoms with Gasteiger partial charge >= 0.3 is 11.9 Å². The number of hydrogen-bond acceptors (Lipinski definition) is 6. The van der Waals surface area contributed by atoms with Crippen molar-refractivity contribution >= 4 is 11.9 Å². The number of esters is 2. The third-order valence-corrected chi connectivity index (χ3v) is 1.94. The number of nitro groups is 1. The second-order valence-electron chi connectivity index (χ2n) is 3.28. The first kappa shape index (κ1) is 16.1. The largest absolute Gasteiger partial charge is 0.465 e. The van der Waals surface area contributed by atoms with E-state index in [1.165, 1.54) is 12.2 Å². The fourth-order valence-corrected chi connectivity index (χ4v) is 1.17. The van der Waals surface area contributed by atoms with Crippen LogP contribution < -0.4 is 0 Å². The van der Waals surface area contributed by atoms with E-state index in [-0.39, 0.29) is 26.2 Å². The summed E-state index contributed by atoms with van der Waals surface area (Å²) in [6, 6.07) is 0. The van der Waals surface area contributed by atoms with E-state index >= 15 is 0 Å². The Morgan fingerprint density at radius 2 is 1.67 bits per heavy atom. The average Bonchev–Trinajstić information content (AvgIpc) is 2.28. The Hall–Kier alpha value is -1.92. The predicted octanol–water partition coefficient (Wildman–Crippen LogP) is 0.952. The molecule has 0 amide bonds. The van der Waals surface area contributed by atoms with Crippen molar-refractivity contribution < 1.29 is 24.0 Å². The summed E-state index contributed by atoms with van der Waals surface area (Å²) in [6.07, 6.45) is 2.72. The normalized spacial score (nSPS) is 10.6. The van der Waals surface area contributed by atoms with Crippen molar-refractivity contribution in [3.05, 3.63) is 22.3 Å². The minimum absolute atomic E-state index is 0.0332.